The van der Waals surface area contributed by atoms with E-state index in [4.69, 9.17) is 0 Å². The lowest BCUT2D eigenvalue weighted by Gasteiger charge is -2.25. The number of piperazine rings is 1. The molecule has 1 aliphatic heterocycles. The first-order valence-electron chi connectivity index (χ1n) is 3.92. The zero-order chi connectivity index (χ0) is 8.10. The van der Waals surface area contributed by atoms with E-state index in [0.717, 1.165) is 26.2 Å². The second-order valence-electron chi connectivity index (χ2n) is 2.71. The Morgan fingerprint density at radius 3 is 2.64 bits per heavy atom. The molecule has 0 saturated carbocycles. The first-order chi connectivity index (χ1) is 5.29. The summed E-state index contributed by atoms with van der Waals surface area (Å²) in [5.74, 6) is 0.114. The summed E-state index contributed by atoms with van der Waals surface area (Å²) >= 11 is 0. The fourth-order valence-corrected chi connectivity index (χ4v) is 1.04. The van der Waals surface area contributed by atoms with E-state index in [1.165, 1.54) is 0 Å². The lowest BCUT2D eigenvalue weighted by atomic mass is 10.3. The molecule has 0 aromatic rings. The Bertz CT molecular complexity index is 159. The van der Waals surface area contributed by atoms with Crippen LogP contribution in [-0.4, -0.2) is 36.9 Å². The minimum absolute atomic E-state index is 0.114. The van der Waals surface area contributed by atoms with E-state index in [1.54, 1.807) is 13.0 Å². The van der Waals surface area contributed by atoms with E-state index in [0.29, 0.717) is 0 Å². The Balaban J connectivity index is 2.29. The number of nitrogens with zero attached hydrogens (tertiary/aromatic N) is 1. The van der Waals surface area contributed by atoms with Crippen LogP contribution in [0.4, 0.5) is 0 Å². The van der Waals surface area contributed by atoms with Crippen LogP contribution in [0.1, 0.15) is 6.92 Å². The van der Waals surface area contributed by atoms with Crippen molar-refractivity contribution in [2.45, 2.75) is 6.92 Å². The highest BCUT2D eigenvalue weighted by Crippen LogP contribution is 1.92. The number of ketones is 1. The van der Waals surface area contributed by atoms with Crippen molar-refractivity contribution >= 4 is 5.78 Å². The number of hydrogen-bond donors (Lipinski definition) is 1. The molecule has 11 heavy (non-hydrogen) atoms. The summed E-state index contributed by atoms with van der Waals surface area (Å²) in [7, 11) is 0. The van der Waals surface area contributed by atoms with Crippen LogP contribution in [-0.2, 0) is 4.79 Å². The highest BCUT2D eigenvalue weighted by atomic mass is 16.1. The molecule has 0 aromatic carbocycles. The van der Waals surface area contributed by atoms with E-state index < -0.39 is 0 Å². The minimum Gasteiger partial charge on any atom is -0.375 e. The van der Waals surface area contributed by atoms with Crippen LogP contribution in [0.2, 0.25) is 0 Å². The number of rotatable bonds is 2. The van der Waals surface area contributed by atoms with Crippen LogP contribution in [0.5, 0.6) is 0 Å². The van der Waals surface area contributed by atoms with E-state index in [-0.39, 0.29) is 5.78 Å². The average molecular weight is 154 g/mol. The second-order valence-corrected chi connectivity index (χ2v) is 2.71. The zero-order valence-electron chi connectivity index (χ0n) is 6.84. The van der Waals surface area contributed by atoms with Gasteiger partial charge in [0.05, 0.1) is 0 Å². The van der Waals surface area contributed by atoms with Crippen molar-refractivity contribution in [2.75, 3.05) is 26.2 Å². The van der Waals surface area contributed by atoms with Gasteiger partial charge in [-0.1, -0.05) is 0 Å². The molecule has 0 amide bonds. The summed E-state index contributed by atoms with van der Waals surface area (Å²) in [6, 6.07) is 0. The normalized spacial score (nSPS) is 19.2. The maximum absolute atomic E-state index is 10.6. The van der Waals surface area contributed by atoms with Gasteiger partial charge in [-0.05, 0) is 13.0 Å². The molecule has 62 valence electrons. The van der Waals surface area contributed by atoms with E-state index in [9.17, 15) is 4.79 Å². The summed E-state index contributed by atoms with van der Waals surface area (Å²) in [5.41, 5.74) is 0. The molecule has 3 heteroatoms. The maximum Gasteiger partial charge on any atom is 0.154 e. The van der Waals surface area contributed by atoms with Crippen molar-refractivity contribution < 1.29 is 4.79 Å². The van der Waals surface area contributed by atoms with Gasteiger partial charge in [-0.25, -0.2) is 0 Å². The molecule has 0 aliphatic carbocycles. The Kier molecular flexibility index (Phi) is 3.11. The quantitative estimate of drug-likeness (QED) is 0.568. The third-order valence-electron chi connectivity index (χ3n) is 1.67. The summed E-state index contributed by atoms with van der Waals surface area (Å²) in [5, 5.41) is 3.24. The smallest absolute Gasteiger partial charge is 0.154 e. The number of nitrogens with one attached hydrogen (secondary N) is 1. The molecule has 0 atom stereocenters. The van der Waals surface area contributed by atoms with Gasteiger partial charge in [0, 0.05) is 32.4 Å². The van der Waals surface area contributed by atoms with Crippen LogP contribution in [0.3, 0.4) is 0 Å². The van der Waals surface area contributed by atoms with E-state index in [2.05, 4.69) is 10.2 Å². The molecule has 1 aliphatic rings. The van der Waals surface area contributed by atoms with Gasteiger partial charge in [0.2, 0.25) is 0 Å². The van der Waals surface area contributed by atoms with Crippen molar-refractivity contribution in [1.29, 1.82) is 0 Å². The average Bonchev–Trinajstić information content (AvgIpc) is 2.03. The third kappa shape index (κ3) is 3.18. The van der Waals surface area contributed by atoms with Crippen molar-refractivity contribution in [3.63, 3.8) is 0 Å². The number of carbonyl (C=O) groups excluding carboxylic acids is 1. The van der Waals surface area contributed by atoms with Gasteiger partial charge in [0.25, 0.3) is 0 Å². The molecule has 0 spiro atoms. The molecule has 1 N–H and O–H groups in total. The van der Waals surface area contributed by atoms with Crippen LogP contribution in [0.25, 0.3) is 0 Å². The molecule has 0 radical (unpaired) electrons. The standard InChI is InChI=1S/C8H14N2O/c1-8(11)2-5-10-6-3-9-4-7-10/h2,5,9H,3-4,6-7H2,1H3/b5-2+. The molecule has 3 nitrogen and oxygen atoms in total. The Labute approximate surface area is 67.1 Å². The zero-order valence-corrected chi connectivity index (χ0v) is 6.84. The van der Waals surface area contributed by atoms with E-state index in [1.807, 2.05) is 6.20 Å². The van der Waals surface area contributed by atoms with Gasteiger partial charge < -0.3 is 10.2 Å². The van der Waals surface area contributed by atoms with Gasteiger partial charge in [-0.3, -0.25) is 4.79 Å². The Hall–Kier alpha value is -0.830. The van der Waals surface area contributed by atoms with Crippen molar-refractivity contribution in [2.24, 2.45) is 0 Å². The fourth-order valence-electron chi connectivity index (χ4n) is 1.04. The van der Waals surface area contributed by atoms with Crippen LogP contribution >= 0.6 is 0 Å². The van der Waals surface area contributed by atoms with Gasteiger partial charge in [-0.2, -0.15) is 0 Å². The molecule has 0 bridgehead atoms. The minimum atomic E-state index is 0.114. The molecular formula is C8H14N2O. The molecular weight excluding hydrogens is 140 g/mol. The lowest BCUT2D eigenvalue weighted by Crippen LogP contribution is -2.40. The third-order valence-corrected chi connectivity index (χ3v) is 1.67. The molecule has 1 heterocycles. The number of allylic oxidation sites excluding steroid dienone is 1. The maximum atomic E-state index is 10.6. The van der Waals surface area contributed by atoms with Crippen LogP contribution in [0.15, 0.2) is 12.3 Å². The predicted octanol–water partition coefficient (Wildman–Crippen LogP) is -0.00570. The van der Waals surface area contributed by atoms with Crippen molar-refractivity contribution in [1.82, 2.24) is 10.2 Å². The monoisotopic (exact) mass is 154 g/mol. The van der Waals surface area contributed by atoms with Gasteiger partial charge >= 0.3 is 0 Å². The van der Waals surface area contributed by atoms with Gasteiger partial charge in [0.1, 0.15) is 0 Å². The fraction of sp³-hybridized carbons (Fsp3) is 0.625. The predicted molar refractivity (Wildman–Crippen MR) is 44.3 cm³/mol. The summed E-state index contributed by atoms with van der Waals surface area (Å²) in [6.45, 7) is 5.61. The summed E-state index contributed by atoms with van der Waals surface area (Å²) in [6.07, 6.45) is 3.49. The van der Waals surface area contributed by atoms with Gasteiger partial charge in [-0.15, -0.1) is 0 Å². The molecule has 1 rings (SSSR count). The Morgan fingerprint density at radius 2 is 2.09 bits per heavy atom. The van der Waals surface area contributed by atoms with Crippen LogP contribution < -0.4 is 5.32 Å². The molecule has 0 unspecified atom stereocenters. The topological polar surface area (TPSA) is 32.3 Å². The molecule has 0 aromatic heterocycles. The second kappa shape index (κ2) is 4.13. The Morgan fingerprint density at radius 1 is 1.45 bits per heavy atom. The number of hydrogen-bond acceptors (Lipinski definition) is 3. The lowest BCUT2D eigenvalue weighted by molar-refractivity contribution is -0.112. The molecule has 1 saturated heterocycles. The van der Waals surface area contributed by atoms with E-state index >= 15 is 0 Å². The van der Waals surface area contributed by atoms with Crippen molar-refractivity contribution in [3.8, 4) is 0 Å². The summed E-state index contributed by atoms with van der Waals surface area (Å²) in [4.78, 5) is 12.7. The largest absolute Gasteiger partial charge is 0.375 e. The highest BCUT2D eigenvalue weighted by molar-refractivity contribution is 5.87. The first-order valence-corrected chi connectivity index (χ1v) is 3.92. The van der Waals surface area contributed by atoms with Gasteiger partial charge in [0.15, 0.2) is 5.78 Å². The number of carbonyl (C=O) groups is 1. The SMILES string of the molecule is CC(=O)/C=C/N1CCNCC1. The summed E-state index contributed by atoms with van der Waals surface area (Å²) < 4.78 is 0. The van der Waals surface area contributed by atoms with Crippen molar-refractivity contribution in [3.05, 3.63) is 12.3 Å². The van der Waals surface area contributed by atoms with Crippen LogP contribution in [0, 0.1) is 0 Å². The first kappa shape index (κ1) is 8.27. The molecule has 1 fully saturated rings. The highest BCUT2D eigenvalue weighted by Gasteiger charge is 2.03.